The van der Waals surface area contributed by atoms with E-state index in [0.29, 0.717) is 12.3 Å². The Morgan fingerprint density at radius 1 is 0.787 bits per heavy atom. The van der Waals surface area contributed by atoms with Crippen LogP contribution in [0.2, 0.25) is 0 Å². The summed E-state index contributed by atoms with van der Waals surface area (Å²) in [6.45, 7) is 4.46. The smallest absolute Gasteiger partial charge is 1.00 e. The quantitative estimate of drug-likeness (QED) is 0.227. The number of aromatic nitrogens is 4. The van der Waals surface area contributed by atoms with Gasteiger partial charge in [0.15, 0.2) is 0 Å². The second-order valence-electron chi connectivity index (χ2n) is 13.3. The Hall–Kier alpha value is -2.89. The number of carbonyl (C=O) groups excluding carboxylic acids is 2. The van der Waals surface area contributed by atoms with Gasteiger partial charge in [-0.3, -0.25) is 4.70 Å². The molecule has 4 aliphatic carbocycles. The molecule has 0 N–H and O–H groups in total. The maximum Gasteiger partial charge on any atom is 1.00 e. The number of halogens is 3. The van der Waals surface area contributed by atoms with E-state index in [0.717, 1.165) is 79.4 Å². The molecule has 10 heteroatoms. The largest absolute Gasteiger partial charge is 1.00 e. The van der Waals surface area contributed by atoms with Crippen LogP contribution in [0.4, 0.5) is 13.5 Å². The number of benzene rings is 2. The molecule has 8 rings (SSSR count). The molecule has 240 valence electrons. The fraction of sp³-hybridized carbons (Fsp3) is 0.351. The van der Waals surface area contributed by atoms with Crippen molar-refractivity contribution in [3.05, 3.63) is 106 Å². The Morgan fingerprint density at radius 2 is 1.26 bits per heavy atom. The van der Waals surface area contributed by atoms with Crippen molar-refractivity contribution in [3.63, 3.8) is 0 Å². The van der Waals surface area contributed by atoms with Gasteiger partial charge in [-0.15, -0.1) is 0 Å². The molecule has 47 heavy (non-hydrogen) atoms. The summed E-state index contributed by atoms with van der Waals surface area (Å²) in [7, 11) is 0. The van der Waals surface area contributed by atoms with E-state index >= 15 is 0 Å². The van der Waals surface area contributed by atoms with Gasteiger partial charge in [-0.1, -0.05) is 25.0 Å². The summed E-state index contributed by atoms with van der Waals surface area (Å²) in [5.74, 6) is 0.0307. The first-order valence-corrected chi connectivity index (χ1v) is 15.7. The van der Waals surface area contributed by atoms with Gasteiger partial charge < -0.3 is 11.0 Å². The number of rotatable bonds is 5. The molecule has 4 aliphatic rings. The Kier molecular flexibility index (Phi) is 10.5. The number of carbonyl (C=O) groups is 2. The van der Waals surface area contributed by atoms with E-state index in [9.17, 15) is 18.4 Å². The third kappa shape index (κ3) is 6.23. The first kappa shape index (κ1) is 35.4. The minimum atomic E-state index is -0.250. The van der Waals surface area contributed by atoms with Gasteiger partial charge >= 0.3 is 51.4 Å². The molecule has 0 unspecified atom stereocenters. The molecule has 0 bridgehead atoms. The normalized spacial score (nSPS) is 24.9. The van der Waals surface area contributed by atoms with Crippen molar-refractivity contribution < 1.29 is 75.9 Å². The van der Waals surface area contributed by atoms with E-state index in [2.05, 4.69) is 36.2 Å². The minimum absolute atomic E-state index is 0. The van der Waals surface area contributed by atoms with Crippen molar-refractivity contribution in [3.8, 4) is 11.4 Å². The van der Waals surface area contributed by atoms with Crippen LogP contribution in [0.5, 0.6) is 0 Å². The third-order valence-electron chi connectivity index (χ3n) is 10.9. The van der Waals surface area contributed by atoms with E-state index in [1.165, 1.54) is 41.0 Å². The van der Waals surface area contributed by atoms with Gasteiger partial charge in [-0.2, -0.15) is 10.2 Å². The first-order valence-electron chi connectivity index (χ1n) is 15.7. The number of hydrogen-bond acceptors (Lipinski definition) is 4. The van der Waals surface area contributed by atoms with Gasteiger partial charge in [0.2, 0.25) is 0 Å². The van der Waals surface area contributed by atoms with Crippen LogP contribution in [-0.4, -0.2) is 32.1 Å². The van der Waals surface area contributed by atoms with Crippen LogP contribution in [0.25, 0.3) is 23.5 Å². The number of nitrogens with zero attached hydrogens (tertiary/aromatic N) is 4. The minimum Gasteiger partial charge on any atom is -1.00 e. The fourth-order valence-corrected chi connectivity index (χ4v) is 8.10. The molecule has 4 atom stereocenters. The van der Waals surface area contributed by atoms with Gasteiger partial charge in [-0.05, 0) is 122 Å². The van der Waals surface area contributed by atoms with Crippen LogP contribution < -0.4 is 51.4 Å². The summed E-state index contributed by atoms with van der Waals surface area (Å²) >= 11 is 0. The Balaban J connectivity index is 0.000000204. The van der Waals surface area contributed by atoms with Gasteiger partial charge in [0, 0.05) is 17.8 Å². The van der Waals surface area contributed by atoms with E-state index < -0.39 is 0 Å². The monoisotopic (exact) mass is 666 g/mol. The van der Waals surface area contributed by atoms with Gasteiger partial charge in [0.05, 0.1) is 35.2 Å². The van der Waals surface area contributed by atoms with Crippen LogP contribution in [0.15, 0.2) is 72.1 Å². The Morgan fingerprint density at radius 3 is 1.74 bits per heavy atom. The van der Waals surface area contributed by atoms with Crippen molar-refractivity contribution in [1.82, 2.24) is 19.6 Å². The first-order chi connectivity index (χ1) is 21.7. The number of fused-ring (bicyclic) bond motifs is 4. The van der Waals surface area contributed by atoms with E-state index in [1.54, 1.807) is 24.3 Å². The maximum atomic E-state index is 13.1. The molecular weight excluding hydrogens is 629 g/mol. The molecule has 0 amide bonds. The molecule has 0 saturated heterocycles. The Bertz CT molecular complexity index is 1850. The fourth-order valence-electron chi connectivity index (χ4n) is 8.10. The summed E-state index contributed by atoms with van der Waals surface area (Å²) in [5, 5.41) is 8.98. The average Bonchev–Trinajstić information content (AvgIpc) is 3.79. The molecule has 2 fully saturated rings. The number of hydrogen-bond donors (Lipinski definition) is 0. The summed E-state index contributed by atoms with van der Waals surface area (Å²) in [5.41, 5.74) is 9.00. The zero-order valence-corrected chi connectivity index (χ0v) is 30.1. The third-order valence-corrected chi connectivity index (χ3v) is 10.9. The molecule has 0 aliphatic heterocycles. The van der Waals surface area contributed by atoms with E-state index in [1.807, 2.05) is 21.8 Å². The Labute approximate surface area is 316 Å². The maximum absolute atomic E-state index is 13.1. The van der Waals surface area contributed by atoms with Gasteiger partial charge in [0.1, 0.15) is 24.2 Å². The summed E-state index contributed by atoms with van der Waals surface area (Å²) in [6.07, 6.45) is 16.8. The second-order valence-corrected chi connectivity index (χ2v) is 13.3. The zero-order valence-electron chi connectivity index (χ0n) is 28.0. The second kappa shape index (κ2) is 13.9. The standard InChI is InChI=1S/C19H19FN2O.C18H17FN2O.FH.K.H/c1-19-11-13-12-21-22(17-6-4-16(20)5-7-17)18(13)10-15(19)3-2-14(19)8-9-23;1-18-9-12-10-20-21(16-6-4-15(19)5-7-16)17(12)8-13(18)2-3-14(18)11-22;;;/h4-7,9-10,12,14H,2-3,8,11H2,1H3;4-8,10-11,14H,2-3,9H2,1H3;1H;;/q;;;+1;-1/t14-,19-;14-,18+;;;/m11.../s1. The van der Waals surface area contributed by atoms with Crippen LogP contribution in [0.3, 0.4) is 0 Å². The van der Waals surface area contributed by atoms with Gasteiger partial charge in [0.25, 0.3) is 0 Å². The molecule has 2 heterocycles. The van der Waals surface area contributed by atoms with Crippen LogP contribution in [-0.2, 0) is 22.4 Å². The SMILES string of the molecule is C[C@]12Cc3cnn(-c4ccc(F)cc4)c3C=C1CC[C@@H]2C=O.C[C@]12Cc3cnn(-c4ccc(F)cc4)c3C=C1CC[C@@H]2CC=O.F.[H-].[K+]. The predicted octanol–water partition coefficient (Wildman–Crippen LogP) is 4.79. The molecule has 6 nitrogen and oxygen atoms in total. The topological polar surface area (TPSA) is 69.8 Å². The van der Waals surface area contributed by atoms with Crippen molar-refractivity contribution in [1.29, 1.82) is 0 Å². The van der Waals surface area contributed by atoms with Gasteiger partial charge in [-0.25, -0.2) is 18.1 Å². The molecule has 0 spiro atoms. The summed E-state index contributed by atoms with van der Waals surface area (Å²) < 4.78 is 30.0. The molecule has 0 radical (unpaired) electrons. The summed E-state index contributed by atoms with van der Waals surface area (Å²) in [6, 6.07) is 12.8. The molecule has 2 saturated carbocycles. The predicted molar refractivity (Wildman–Crippen MR) is 172 cm³/mol. The molecule has 2 aromatic heterocycles. The van der Waals surface area contributed by atoms with Crippen molar-refractivity contribution in [2.75, 3.05) is 0 Å². The van der Waals surface area contributed by atoms with Crippen molar-refractivity contribution in [2.24, 2.45) is 22.7 Å². The van der Waals surface area contributed by atoms with Crippen LogP contribution in [0, 0.1) is 34.3 Å². The van der Waals surface area contributed by atoms with Crippen LogP contribution >= 0.6 is 0 Å². The van der Waals surface area contributed by atoms with E-state index in [4.69, 9.17) is 0 Å². The number of aldehydes is 2. The molecule has 2 aromatic carbocycles. The van der Waals surface area contributed by atoms with Crippen LogP contribution in [0.1, 0.15) is 69.9 Å². The van der Waals surface area contributed by atoms with Crippen molar-refractivity contribution in [2.45, 2.75) is 58.8 Å². The summed E-state index contributed by atoms with van der Waals surface area (Å²) in [4.78, 5) is 22.3. The molecular formula is C37H38F3KN4O2. The average molecular weight is 667 g/mol. The van der Waals surface area contributed by atoms with Crippen molar-refractivity contribution >= 4 is 24.7 Å². The molecule has 4 aromatic rings. The van der Waals surface area contributed by atoms with E-state index in [-0.39, 0.29) is 85.9 Å². The number of allylic oxidation sites excluding steroid dienone is 2. The zero-order chi connectivity index (χ0) is 31.3.